The summed E-state index contributed by atoms with van der Waals surface area (Å²) in [7, 11) is 0. The van der Waals surface area contributed by atoms with E-state index in [9.17, 15) is 5.11 Å². The fourth-order valence-corrected chi connectivity index (χ4v) is 2.27. The Kier molecular flexibility index (Phi) is 7.39. The van der Waals surface area contributed by atoms with Crippen LogP contribution in [0.2, 0.25) is 5.02 Å². The third kappa shape index (κ3) is 5.91. The van der Waals surface area contributed by atoms with Crippen molar-refractivity contribution in [3.8, 4) is 0 Å². The molecule has 4 heteroatoms. The first-order valence-corrected chi connectivity index (χ1v) is 7.21. The van der Waals surface area contributed by atoms with Gasteiger partial charge in [0, 0.05) is 30.8 Å². The van der Waals surface area contributed by atoms with Crippen LogP contribution in [-0.2, 0) is 0 Å². The normalized spacial score (nSPS) is 13.2. The van der Waals surface area contributed by atoms with E-state index in [2.05, 4.69) is 18.7 Å². The van der Waals surface area contributed by atoms with Crippen LogP contribution in [0, 0.1) is 0 Å². The van der Waals surface area contributed by atoms with Crippen LogP contribution in [0.15, 0.2) is 24.3 Å². The minimum Gasteiger partial charge on any atom is -0.396 e. The molecule has 0 aliphatic rings. The second-order valence-corrected chi connectivity index (χ2v) is 5.50. The first kappa shape index (κ1) is 16.4. The Balaban J connectivity index is 2.49. The van der Waals surface area contributed by atoms with Crippen LogP contribution in [0.1, 0.15) is 38.4 Å². The van der Waals surface area contributed by atoms with Gasteiger partial charge >= 0.3 is 0 Å². The molecular weight excluding hydrogens is 262 g/mol. The first-order valence-electron chi connectivity index (χ1n) is 6.83. The lowest BCUT2D eigenvalue weighted by Gasteiger charge is -2.27. The summed E-state index contributed by atoms with van der Waals surface area (Å²) in [6.07, 6.45) is 0.948. The highest BCUT2D eigenvalue weighted by atomic mass is 35.5. The van der Waals surface area contributed by atoms with Gasteiger partial charge in [0.2, 0.25) is 0 Å². The van der Waals surface area contributed by atoms with E-state index in [0.29, 0.717) is 17.5 Å². The maximum atomic E-state index is 10.2. The van der Waals surface area contributed by atoms with Gasteiger partial charge in [-0.1, -0.05) is 23.7 Å². The van der Waals surface area contributed by atoms with Gasteiger partial charge in [-0.15, -0.1) is 0 Å². The second kappa shape index (κ2) is 8.54. The molecule has 1 rings (SSSR count). The zero-order chi connectivity index (χ0) is 14.3. The van der Waals surface area contributed by atoms with Crippen molar-refractivity contribution in [2.24, 2.45) is 0 Å². The summed E-state index contributed by atoms with van der Waals surface area (Å²) in [5.41, 5.74) is 0.860. The van der Waals surface area contributed by atoms with Crippen molar-refractivity contribution in [1.82, 2.24) is 4.90 Å². The topological polar surface area (TPSA) is 43.7 Å². The van der Waals surface area contributed by atoms with E-state index >= 15 is 0 Å². The maximum absolute atomic E-state index is 10.2. The van der Waals surface area contributed by atoms with Gasteiger partial charge in [0.25, 0.3) is 0 Å². The lowest BCUT2D eigenvalue weighted by atomic mass is 10.1. The summed E-state index contributed by atoms with van der Waals surface area (Å²) in [5, 5.41) is 19.7. The van der Waals surface area contributed by atoms with Crippen molar-refractivity contribution < 1.29 is 10.2 Å². The molecule has 0 aliphatic heterocycles. The van der Waals surface area contributed by atoms with E-state index in [4.69, 9.17) is 16.7 Å². The van der Waals surface area contributed by atoms with Crippen LogP contribution >= 0.6 is 11.6 Å². The number of hydrogen-bond acceptors (Lipinski definition) is 3. The zero-order valence-corrected chi connectivity index (χ0v) is 12.5. The third-order valence-corrected chi connectivity index (χ3v) is 3.49. The van der Waals surface area contributed by atoms with Crippen molar-refractivity contribution in [2.45, 2.75) is 38.8 Å². The Hall–Kier alpha value is -0.610. The van der Waals surface area contributed by atoms with E-state index in [1.54, 1.807) is 12.1 Å². The Morgan fingerprint density at radius 1 is 1.26 bits per heavy atom. The van der Waals surface area contributed by atoms with Gasteiger partial charge in [-0.3, -0.25) is 0 Å². The van der Waals surface area contributed by atoms with Crippen molar-refractivity contribution in [3.05, 3.63) is 34.9 Å². The highest BCUT2D eigenvalue weighted by molar-refractivity contribution is 6.30. The van der Waals surface area contributed by atoms with Gasteiger partial charge in [-0.05, 0) is 44.4 Å². The summed E-state index contributed by atoms with van der Waals surface area (Å²) in [5.74, 6) is 0. The molecule has 0 radical (unpaired) electrons. The average molecular weight is 286 g/mol. The molecule has 1 atom stereocenters. The lowest BCUT2D eigenvalue weighted by molar-refractivity contribution is 0.125. The first-order chi connectivity index (χ1) is 9.04. The molecule has 3 nitrogen and oxygen atoms in total. The lowest BCUT2D eigenvalue weighted by Crippen LogP contribution is -2.33. The number of rotatable bonds is 8. The molecule has 0 saturated heterocycles. The molecule has 1 aromatic carbocycles. The van der Waals surface area contributed by atoms with Crippen LogP contribution in [-0.4, -0.2) is 40.9 Å². The molecule has 0 amide bonds. The highest BCUT2D eigenvalue weighted by Gasteiger charge is 2.13. The average Bonchev–Trinajstić information content (AvgIpc) is 2.38. The molecule has 1 aromatic rings. The van der Waals surface area contributed by atoms with Gasteiger partial charge in [-0.2, -0.15) is 0 Å². The summed E-state index contributed by atoms with van der Waals surface area (Å²) in [6.45, 7) is 6.13. The molecule has 0 heterocycles. The van der Waals surface area contributed by atoms with Crippen molar-refractivity contribution in [3.63, 3.8) is 0 Å². The third-order valence-electron chi connectivity index (χ3n) is 3.26. The minimum atomic E-state index is -0.492. The van der Waals surface area contributed by atoms with E-state index in [-0.39, 0.29) is 6.61 Å². The van der Waals surface area contributed by atoms with Gasteiger partial charge in [-0.25, -0.2) is 0 Å². The molecular formula is C15H24ClNO2. The van der Waals surface area contributed by atoms with Crippen LogP contribution in [0.3, 0.4) is 0 Å². The van der Waals surface area contributed by atoms with Crippen molar-refractivity contribution >= 4 is 11.6 Å². The monoisotopic (exact) mass is 285 g/mol. The molecule has 0 saturated carbocycles. The van der Waals surface area contributed by atoms with E-state index in [0.717, 1.165) is 25.1 Å². The van der Waals surface area contributed by atoms with Crippen LogP contribution in [0.4, 0.5) is 0 Å². The Bertz CT molecular complexity index is 371. The quantitative estimate of drug-likeness (QED) is 0.772. The number of halogens is 1. The fourth-order valence-electron chi connectivity index (χ4n) is 2.07. The number of benzene rings is 1. The smallest absolute Gasteiger partial charge is 0.0802 e. The van der Waals surface area contributed by atoms with Gasteiger partial charge in [0.05, 0.1) is 6.10 Å². The Labute approximate surface area is 120 Å². The Morgan fingerprint density at radius 2 is 2.00 bits per heavy atom. The van der Waals surface area contributed by atoms with Crippen LogP contribution < -0.4 is 0 Å². The summed E-state index contributed by atoms with van der Waals surface area (Å²) in [4.78, 5) is 2.27. The summed E-state index contributed by atoms with van der Waals surface area (Å²) >= 11 is 5.92. The predicted molar refractivity (Wildman–Crippen MR) is 79.4 cm³/mol. The zero-order valence-electron chi connectivity index (χ0n) is 11.7. The number of nitrogens with zero attached hydrogens (tertiary/aromatic N) is 1. The predicted octanol–water partition coefficient (Wildman–Crippen LogP) is 2.86. The molecule has 108 valence electrons. The van der Waals surface area contributed by atoms with Crippen LogP contribution in [0.5, 0.6) is 0 Å². The summed E-state index contributed by atoms with van der Waals surface area (Å²) < 4.78 is 0. The minimum absolute atomic E-state index is 0.208. The molecule has 1 unspecified atom stereocenters. The number of hydrogen-bond donors (Lipinski definition) is 2. The van der Waals surface area contributed by atoms with E-state index < -0.39 is 6.10 Å². The Morgan fingerprint density at radius 3 is 2.58 bits per heavy atom. The molecule has 0 aromatic heterocycles. The van der Waals surface area contributed by atoms with Crippen molar-refractivity contribution in [2.75, 3.05) is 19.7 Å². The standard InChI is InChI=1S/C15H24ClNO2/c1-12(2)17(8-4-10-18)9-7-15(19)13-5-3-6-14(16)11-13/h3,5-6,11-12,15,18-19H,4,7-10H2,1-2H3. The van der Waals surface area contributed by atoms with Gasteiger partial charge in [0.15, 0.2) is 0 Å². The maximum Gasteiger partial charge on any atom is 0.0802 e. The highest BCUT2D eigenvalue weighted by Crippen LogP contribution is 2.20. The van der Waals surface area contributed by atoms with E-state index in [1.807, 2.05) is 12.1 Å². The molecule has 0 bridgehead atoms. The fraction of sp³-hybridized carbons (Fsp3) is 0.600. The molecule has 0 spiro atoms. The van der Waals surface area contributed by atoms with E-state index in [1.165, 1.54) is 0 Å². The molecule has 2 N–H and O–H groups in total. The van der Waals surface area contributed by atoms with Crippen molar-refractivity contribution in [1.29, 1.82) is 0 Å². The van der Waals surface area contributed by atoms with Crippen LogP contribution in [0.25, 0.3) is 0 Å². The van der Waals surface area contributed by atoms with Gasteiger partial charge in [0.1, 0.15) is 0 Å². The second-order valence-electron chi connectivity index (χ2n) is 5.07. The number of aliphatic hydroxyl groups is 2. The molecule has 19 heavy (non-hydrogen) atoms. The van der Waals surface area contributed by atoms with Gasteiger partial charge < -0.3 is 15.1 Å². The molecule has 0 fully saturated rings. The molecule has 0 aliphatic carbocycles. The summed E-state index contributed by atoms with van der Waals surface area (Å²) in [6, 6.07) is 7.77. The number of aliphatic hydroxyl groups excluding tert-OH is 2. The SMILES string of the molecule is CC(C)N(CCCO)CCC(O)c1cccc(Cl)c1. The largest absolute Gasteiger partial charge is 0.396 e.